The van der Waals surface area contributed by atoms with E-state index in [1.54, 1.807) is 24.3 Å². The quantitative estimate of drug-likeness (QED) is 0.834. The van der Waals surface area contributed by atoms with E-state index < -0.39 is 6.09 Å². The number of hydrogen-bond donors (Lipinski definition) is 2. The van der Waals surface area contributed by atoms with Gasteiger partial charge in [0.25, 0.3) is 0 Å². The first-order chi connectivity index (χ1) is 7.65. The van der Waals surface area contributed by atoms with Gasteiger partial charge in [0, 0.05) is 6.04 Å². The number of halogens is 1. The second kappa shape index (κ2) is 4.72. The molecule has 4 nitrogen and oxygen atoms in total. The normalized spacial score (nSPS) is 23.4. The van der Waals surface area contributed by atoms with Gasteiger partial charge in [-0.3, -0.25) is 5.32 Å². The Kier molecular flexibility index (Phi) is 3.31. The van der Waals surface area contributed by atoms with Gasteiger partial charge in [0.1, 0.15) is 6.10 Å². The molecule has 0 unspecified atom stereocenters. The number of anilines is 1. The summed E-state index contributed by atoms with van der Waals surface area (Å²) in [6.07, 6.45) is 0.925. The van der Waals surface area contributed by atoms with Gasteiger partial charge in [0.2, 0.25) is 0 Å². The van der Waals surface area contributed by atoms with Crippen LogP contribution in [0.1, 0.15) is 12.8 Å². The zero-order valence-electron chi connectivity index (χ0n) is 8.65. The summed E-state index contributed by atoms with van der Waals surface area (Å²) >= 11 is 5.89. The molecule has 1 aromatic rings. The van der Waals surface area contributed by atoms with E-state index in [2.05, 4.69) is 5.32 Å². The third kappa shape index (κ3) is 2.65. The maximum absolute atomic E-state index is 11.4. The predicted octanol–water partition coefficient (Wildman–Crippen LogP) is 2.38. The van der Waals surface area contributed by atoms with Crippen LogP contribution in [0.15, 0.2) is 24.3 Å². The van der Waals surface area contributed by atoms with Crippen molar-refractivity contribution in [2.75, 3.05) is 5.32 Å². The summed E-state index contributed by atoms with van der Waals surface area (Å²) in [5.74, 6) is 0. The average Bonchev–Trinajstić information content (AvgIpc) is 2.19. The van der Waals surface area contributed by atoms with Gasteiger partial charge in [-0.2, -0.15) is 0 Å². The summed E-state index contributed by atoms with van der Waals surface area (Å²) in [5, 5.41) is 3.08. The molecule has 0 spiro atoms. The van der Waals surface area contributed by atoms with E-state index in [1.807, 2.05) is 0 Å². The lowest BCUT2D eigenvalue weighted by Crippen LogP contribution is -2.43. The Labute approximate surface area is 98.7 Å². The van der Waals surface area contributed by atoms with Crippen molar-refractivity contribution >= 4 is 23.4 Å². The highest BCUT2D eigenvalue weighted by Crippen LogP contribution is 2.24. The Morgan fingerprint density at radius 3 is 2.75 bits per heavy atom. The summed E-state index contributed by atoms with van der Waals surface area (Å²) in [7, 11) is 0. The molecule has 16 heavy (non-hydrogen) atoms. The molecule has 3 N–H and O–H groups in total. The fourth-order valence-corrected chi connectivity index (χ4v) is 1.74. The maximum atomic E-state index is 11.4. The zero-order valence-corrected chi connectivity index (χ0v) is 9.41. The number of benzene rings is 1. The first kappa shape index (κ1) is 11.2. The molecule has 2 rings (SSSR count). The summed E-state index contributed by atoms with van der Waals surface area (Å²) in [6.45, 7) is 0. The van der Waals surface area contributed by atoms with Gasteiger partial charge in [-0.15, -0.1) is 0 Å². The van der Waals surface area contributed by atoms with Gasteiger partial charge in [0.05, 0.1) is 10.7 Å². The SMILES string of the molecule is NC1CC(OC(=O)Nc2ccccc2Cl)C1. The topological polar surface area (TPSA) is 64.3 Å². The molecular weight excluding hydrogens is 228 g/mol. The van der Waals surface area contributed by atoms with E-state index >= 15 is 0 Å². The molecule has 0 radical (unpaired) electrons. The van der Waals surface area contributed by atoms with Crippen LogP contribution in [0.5, 0.6) is 0 Å². The molecular formula is C11H13ClN2O2. The monoisotopic (exact) mass is 240 g/mol. The Morgan fingerprint density at radius 1 is 1.44 bits per heavy atom. The smallest absolute Gasteiger partial charge is 0.411 e. The van der Waals surface area contributed by atoms with Gasteiger partial charge in [-0.1, -0.05) is 23.7 Å². The minimum atomic E-state index is -0.481. The number of ether oxygens (including phenoxy) is 1. The minimum absolute atomic E-state index is 0.0579. The number of para-hydroxylation sites is 1. The van der Waals surface area contributed by atoms with Crippen LogP contribution in [0.25, 0.3) is 0 Å². The molecule has 0 aliphatic heterocycles. The van der Waals surface area contributed by atoms with Crippen molar-refractivity contribution < 1.29 is 9.53 Å². The van der Waals surface area contributed by atoms with Crippen molar-refractivity contribution in [3.05, 3.63) is 29.3 Å². The fourth-order valence-electron chi connectivity index (χ4n) is 1.56. The first-order valence-electron chi connectivity index (χ1n) is 5.13. The van der Waals surface area contributed by atoms with Crippen molar-refractivity contribution in [3.63, 3.8) is 0 Å². The highest BCUT2D eigenvalue weighted by Gasteiger charge is 2.29. The van der Waals surface area contributed by atoms with Gasteiger partial charge < -0.3 is 10.5 Å². The van der Waals surface area contributed by atoms with Crippen molar-refractivity contribution in [1.82, 2.24) is 0 Å². The average molecular weight is 241 g/mol. The summed E-state index contributed by atoms with van der Waals surface area (Å²) < 4.78 is 5.13. The van der Waals surface area contributed by atoms with E-state index in [4.69, 9.17) is 22.1 Å². The molecule has 1 fully saturated rings. The van der Waals surface area contributed by atoms with Crippen LogP contribution in [-0.2, 0) is 4.74 Å². The summed E-state index contributed by atoms with van der Waals surface area (Å²) in [5.41, 5.74) is 6.14. The molecule has 1 amide bonds. The van der Waals surface area contributed by atoms with E-state index in [0.29, 0.717) is 10.7 Å². The number of nitrogens with two attached hydrogens (primary N) is 1. The highest BCUT2D eigenvalue weighted by molar-refractivity contribution is 6.33. The zero-order chi connectivity index (χ0) is 11.5. The van der Waals surface area contributed by atoms with Gasteiger partial charge in [0.15, 0.2) is 0 Å². The van der Waals surface area contributed by atoms with E-state index in [-0.39, 0.29) is 12.1 Å². The van der Waals surface area contributed by atoms with Crippen LogP contribution in [-0.4, -0.2) is 18.2 Å². The van der Waals surface area contributed by atoms with Crippen LogP contribution >= 0.6 is 11.6 Å². The minimum Gasteiger partial charge on any atom is -0.446 e. The highest BCUT2D eigenvalue weighted by atomic mass is 35.5. The number of carbonyl (C=O) groups excluding carboxylic acids is 1. The van der Waals surface area contributed by atoms with Crippen molar-refractivity contribution in [2.45, 2.75) is 25.0 Å². The molecule has 0 aromatic heterocycles. The Morgan fingerprint density at radius 2 is 2.12 bits per heavy atom. The second-order valence-corrected chi connectivity index (χ2v) is 4.27. The van der Waals surface area contributed by atoms with Crippen molar-refractivity contribution in [1.29, 1.82) is 0 Å². The van der Waals surface area contributed by atoms with Crippen molar-refractivity contribution in [2.24, 2.45) is 5.73 Å². The predicted molar refractivity (Wildman–Crippen MR) is 62.6 cm³/mol. The molecule has 0 atom stereocenters. The van der Waals surface area contributed by atoms with Crippen LogP contribution in [0.4, 0.5) is 10.5 Å². The van der Waals surface area contributed by atoms with Crippen molar-refractivity contribution in [3.8, 4) is 0 Å². The van der Waals surface area contributed by atoms with E-state index in [0.717, 1.165) is 12.8 Å². The van der Waals surface area contributed by atoms with Crippen LogP contribution in [0.3, 0.4) is 0 Å². The molecule has 0 saturated heterocycles. The molecule has 1 aliphatic carbocycles. The Hall–Kier alpha value is -1.26. The standard InChI is InChI=1S/C11H13ClN2O2/c12-9-3-1-2-4-10(9)14-11(15)16-8-5-7(13)6-8/h1-4,7-8H,5-6,13H2,(H,14,15). The number of carbonyl (C=O) groups is 1. The second-order valence-electron chi connectivity index (χ2n) is 3.86. The summed E-state index contributed by atoms with van der Waals surface area (Å²) in [4.78, 5) is 11.4. The molecule has 1 saturated carbocycles. The number of rotatable bonds is 2. The third-order valence-corrected chi connectivity index (χ3v) is 2.85. The maximum Gasteiger partial charge on any atom is 0.411 e. The lowest BCUT2D eigenvalue weighted by atomic mass is 9.90. The molecule has 86 valence electrons. The third-order valence-electron chi connectivity index (χ3n) is 2.52. The molecule has 0 bridgehead atoms. The first-order valence-corrected chi connectivity index (χ1v) is 5.50. The van der Waals surface area contributed by atoms with Gasteiger partial charge >= 0.3 is 6.09 Å². The van der Waals surface area contributed by atoms with Crippen LogP contribution in [0.2, 0.25) is 5.02 Å². The van der Waals surface area contributed by atoms with Gasteiger partial charge in [-0.25, -0.2) is 4.79 Å². The molecule has 0 heterocycles. The molecule has 1 aromatic carbocycles. The largest absolute Gasteiger partial charge is 0.446 e. The number of nitrogens with one attached hydrogen (secondary N) is 1. The molecule has 5 heteroatoms. The fraction of sp³-hybridized carbons (Fsp3) is 0.364. The lowest BCUT2D eigenvalue weighted by Gasteiger charge is -2.31. The Bertz CT molecular complexity index is 391. The number of amides is 1. The van der Waals surface area contributed by atoms with E-state index in [9.17, 15) is 4.79 Å². The number of hydrogen-bond acceptors (Lipinski definition) is 3. The lowest BCUT2D eigenvalue weighted by molar-refractivity contribution is 0.0503. The van der Waals surface area contributed by atoms with Gasteiger partial charge in [-0.05, 0) is 25.0 Å². The Balaban J connectivity index is 1.85. The summed E-state index contributed by atoms with van der Waals surface area (Å²) in [6, 6.07) is 7.18. The van der Waals surface area contributed by atoms with E-state index in [1.165, 1.54) is 0 Å². The van der Waals surface area contributed by atoms with Crippen LogP contribution < -0.4 is 11.1 Å². The molecule has 1 aliphatic rings. The van der Waals surface area contributed by atoms with Crippen LogP contribution in [0, 0.1) is 0 Å².